The molecule has 2 rings (SSSR count). The van der Waals surface area contributed by atoms with Gasteiger partial charge in [0.1, 0.15) is 5.75 Å². The van der Waals surface area contributed by atoms with Gasteiger partial charge >= 0.3 is 0 Å². The molecule has 1 saturated heterocycles. The quantitative estimate of drug-likeness (QED) is 0.878. The predicted molar refractivity (Wildman–Crippen MR) is 75.0 cm³/mol. The van der Waals surface area contributed by atoms with Crippen molar-refractivity contribution in [3.05, 3.63) is 29.8 Å². The van der Waals surface area contributed by atoms with Crippen LogP contribution in [0.5, 0.6) is 5.75 Å². The van der Waals surface area contributed by atoms with Gasteiger partial charge in [0, 0.05) is 32.2 Å². The Balaban J connectivity index is 2.17. The van der Waals surface area contributed by atoms with Gasteiger partial charge in [0.25, 0.3) is 0 Å². The summed E-state index contributed by atoms with van der Waals surface area (Å²) >= 11 is 0. The van der Waals surface area contributed by atoms with Crippen molar-refractivity contribution in [3.63, 3.8) is 0 Å². The molecule has 0 unspecified atom stereocenters. The van der Waals surface area contributed by atoms with Gasteiger partial charge in [-0.15, -0.1) is 0 Å². The Labute approximate surface area is 115 Å². The molecule has 0 spiro atoms. The Morgan fingerprint density at radius 1 is 1.42 bits per heavy atom. The van der Waals surface area contributed by atoms with Gasteiger partial charge in [-0.3, -0.25) is 4.90 Å². The standard InChI is InChI=1S/C15H21N3O/c1-2-19-14-5-3-4-13(12-14)15(6-7-16)18-10-8-17-9-11-18/h3-5,12,15,17H,2,6,8-11H2,1H3/t15-/m1/s1. The van der Waals surface area contributed by atoms with Crippen LogP contribution >= 0.6 is 0 Å². The van der Waals surface area contributed by atoms with Crippen molar-refractivity contribution >= 4 is 0 Å². The second-order valence-corrected chi connectivity index (χ2v) is 4.67. The Morgan fingerprint density at radius 2 is 2.21 bits per heavy atom. The first-order chi connectivity index (χ1) is 9.35. The summed E-state index contributed by atoms with van der Waals surface area (Å²) in [6.07, 6.45) is 0.523. The summed E-state index contributed by atoms with van der Waals surface area (Å²) < 4.78 is 5.55. The zero-order chi connectivity index (χ0) is 13.5. The molecule has 1 heterocycles. The van der Waals surface area contributed by atoms with Crippen LogP contribution in [0.25, 0.3) is 0 Å². The Kier molecular flexibility index (Phi) is 5.20. The van der Waals surface area contributed by atoms with Crippen molar-refractivity contribution < 1.29 is 4.74 Å². The SMILES string of the molecule is CCOc1cccc([C@@H](CC#N)N2CCNCC2)c1. The topological polar surface area (TPSA) is 48.3 Å². The number of hydrogen-bond acceptors (Lipinski definition) is 4. The molecule has 1 aromatic rings. The molecule has 0 bridgehead atoms. The first kappa shape index (κ1) is 13.9. The second kappa shape index (κ2) is 7.13. The van der Waals surface area contributed by atoms with Gasteiger partial charge < -0.3 is 10.1 Å². The zero-order valence-electron chi connectivity index (χ0n) is 11.4. The van der Waals surface area contributed by atoms with Gasteiger partial charge in [0.15, 0.2) is 0 Å². The van der Waals surface area contributed by atoms with Crippen LogP contribution in [0.1, 0.15) is 24.9 Å². The molecule has 102 valence electrons. The number of piperazine rings is 1. The molecule has 0 saturated carbocycles. The molecule has 4 heteroatoms. The van der Waals surface area contributed by atoms with E-state index in [9.17, 15) is 0 Å². The fourth-order valence-corrected chi connectivity index (χ4v) is 2.52. The lowest BCUT2D eigenvalue weighted by Crippen LogP contribution is -2.45. The van der Waals surface area contributed by atoms with E-state index in [1.807, 2.05) is 19.1 Å². The van der Waals surface area contributed by atoms with Crippen molar-refractivity contribution in [2.45, 2.75) is 19.4 Å². The van der Waals surface area contributed by atoms with Gasteiger partial charge in [-0.2, -0.15) is 5.26 Å². The summed E-state index contributed by atoms with van der Waals surface area (Å²) in [4.78, 5) is 2.38. The summed E-state index contributed by atoms with van der Waals surface area (Å²) in [5.41, 5.74) is 1.18. The third-order valence-corrected chi connectivity index (χ3v) is 3.43. The smallest absolute Gasteiger partial charge is 0.119 e. The van der Waals surface area contributed by atoms with Gasteiger partial charge in [0.2, 0.25) is 0 Å². The highest BCUT2D eigenvalue weighted by molar-refractivity contribution is 5.31. The maximum Gasteiger partial charge on any atom is 0.119 e. The zero-order valence-corrected chi connectivity index (χ0v) is 11.4. The fourth-order valence-electron chi connectivity index (χ4n) is 2.52. The summed E-state index contributed by atoms with van der Waals surface area (Å²) in [6.45, 7) is 6.62. The van der Waals surface area contributed by atoms with Crippen LogP contribution in [-0.4, -0.2) is 37.7 Å². The highest BCUT2D eigenvalue weighted by atomic mass is 16.5. The molecule has 0 aliphatic carbocycles. The molecule has 1 fully saturated rings. The van der Waals surface area contributed by atoms with Gasteiger partial charge in [-0.05, 0) is 24.6 Å². The van der Waals surface area contributed by atoms with Crippen LogP contribution in [-0.2, 0) is 0 Å². The monoisotopic (exact) mass is 259 g/mol. The summed E-state index contributed by atoms with van der Waals surface area (Å²) in [7, 11) is 0. The number of nitrogens with one attached hydrogen (secondary N) is 1. The maximum absolute atomic E-state index is 9.08. The van der Waals surface area contributed by atoms with E-state index in [-0.39, 0.29) is 6.04 Å². The molecule has 4 nitrogen and oxygen atoms in total. The minimum Gasteiger partial charge on any atom is -0.494 e. The fraction of sp³-hybridized carbons (Fsp3) is 0.533. The second-order valence-electron chi connectivity index (χ2n) is 4.67. The van der Waals surface area contributed by atoms with Crippen molar-refractivity contribution in [2.75, 3.05) is 32.8 Å². The molecule has 19 heavy (non-hydrogen) atoms. The third-order valence-electron chi connectivity index (χ3n) is 3.43. The van der Waals surface area contributed by atoms with E-state index in [0.717, 1.165) is 31.9 Å². The molecule has 1 aliphatic heterocycles. The van der Waals surface area contributed by atoms with Crippen molar-refractivity contribution in [3.8, 4) is 11.8 Å². The van der Waals surface area contributed by atoms with E-state index < -0.39 is 0 Å². The predicted octanol–water partition coefficient (Wildman–Crippen LogP) is 1.95. The Hall–Kier alpha value is -1.57. The average Bonchev–Trinajstić information content (AvgIpc) is 2.46. The van der Waals surface area contributed by atoms with E-state index in [1.54, 1.807) is 0 Å². The van der Waals surface area contributed by atoms with Crippen LogP contribution in [0.3, 0.4) is 0 Å². The minimum atomic E-state index is 0.174. The normalized spacial score (nSPS) is 17.7. The molecular formula is C15H21N3O. The Bertz CT molecular complexity index is 435. The van der Waals surface area contributed by atoms with Crippen LogP contribution in [0.15, 0.2) is 24.3 Å². The molecule has 0 aromatic heterocycles. The van der Waals surface area contributed by atoms with E-state index in [4.69, 9.17) is 10.00 Å². The van der Waals surface area contributed by atoms with Crippen molar-refractivity contribution in [2.24, 2.45) is 0 Å². The van der Waals surface area contributed by atoms with Crippen LogP contribution < -0.4 is 10.1 Å². The highest BCUT2D eigenvalue weighted by Gasteiger charge is 2.22. The van der Waals surface area contributed by atoms with E-state index in [1.165, 1.54) is 5.56 Å². The third kappa shape index (κ3) is 3.69. The molecule has 0 amide bonds. The number of benzene rings is 1. The summed E-state index contributed by atoms with van der Waals surface area (Å²) in [6, 6.07) is 10.6. The summed E-state index contributed by atoms with van der Waals surface area (Å²) in [5, 5.41) is 12.4. The minimum absolute atomic E-state index is 0.174. The van der Waals surface area contributed by atoms with Gasteiger partial charge in [-0.25, -0.2) is 0 Å². The molecule has 1 aliphatic rings. The lowest BCUT2D eigenvalue weighted by molar-refractivity contribution is 0.175. The van der Waals surface area contributed by atoms with Crippen molar-refractivity contribution in [1.82, 2.24) is 10.2 Å². The largest absolute Gasteiger partial charge is 0.494 e. The number of hydrogen-bond donors (Lipinski definition) is 1. The van der Waals surface area contributed by atoms with E-state index in [2.05, 4.69) is 28.4 Å². The molecular weight excluding hydrogens is 238 g/mol. The molecule has 0 radical (unpaired) electrons. The first-order valence-electron chi connectivity index (χ1n) is 6.89. The first-order valence-corrected chi connectivity index (χ1v) is 6.89. The van der Waals surface area contributed by atoms with E-state index in [0.29, 0.717) is 13.0 Å². The number of ether oxygens (including phenoxy) is 1. The summed E-state index contributed by atoms with van der Waals surface area (Å²) in [5.74, 6) is 0.887. The molecule has 1 N–H and O–H groups in total. The molecule has 1 aromatic carbocycles. The average molecular weight is 259 g/mol. The van der Waals surface area contributed by atoms with Gasteiger partial charge in [-0.1, -0.05) is 12.1 Å². The maximum atomic E-state index is 9.08. The molecule has 1 atom stereocenters. The Morgan fingerprint density at radius 3 is 2.89 bits per heavy atom. The van der Waals surface area contributed by atoms with Crippen LogP contribution in [0.4, 0.5) is 0 Å². The van der Waals surface area contributed by atoms with Crippen LogP contribution in [0, 0.1) is 11.3 Å². The lowest BCUT2D eigenvalue weighted by Gasteiger charge is -2.34. The number of nitriles is 1. The van der Waals surface area contributed by atoms with Gasteiger partial charge in [0.05, 0.1) is 19.1 Å². The number of rotatable bonds is 5. The lowest BCUT2D eigenvalue weighted by atomic mass is 10.0. The van der Waals surface area contributed by atoms with Crippen molar-refractivity contribution in [1.29, 1.82) is 5.26 Å². The number of nitrogens with zero attached hydrogens (tertiary/aromatic N) is 2. The highest BCUT2D eigenvalue weighted by Crippen LogP contribution is 2.27. The van der Waals surface area contributed by atoms with Crippen LogP contribution in [0.2, 0.25) is 0 Å². The van der Waals surface area contributed by atoms with E-state index >= 15 is 0 Å².